The minimum absolute atomic E-state index is 0.213. The standard InChI is InChI=1S/C20H44O7P2/c1-5-9-13-17-23-28(21,24-18-14-10-6-2)27-29(22,25-19-15-11-7-3)26-20-16-12-8-4/h5-20H2,1-4H3. The van der Waals surface area contributed by atoms with Crippen LogP contribution in [0.25, 0.3) is 0 Å². The second kappa shape index (κ2) is 19.0. The normalized spacial score (nSPS) is 12.6. The topological polar surface area (TPSA) is 80.3 Å². The molecule has 0 saturated heterocycles. The molecule has 0 fully saturated rings. The summed E-state index contributed by atoms with van der Waals surface area (Å²) >= 11 is 0. The molecule has 0 aliphatic heterocycles. The summed E-state index contributed by atoms with van der Waals surface area (Å²) < 4.78 is 53.4. The maximum atomic E-state index is 13.1. The molecule has 0 bridgehead atoms. The second-order valence-corrected chi connectivity index (χ2v) is 10.6. The van der Waals surface area contributed by atoms with Crippen molar-refractivity contribution in [2.24, 2.45) is 0 Å². The lowest BCUT2D eigenvalue weighted by atomic mass is 10.3. The predicted octanol–water partition coefficient (Wildman–Crippen LogP) is 8.05. The monoisotopic (exact) mass is 458 g/mol. The van der Waals surface area contributed by atoms with E-state index < -0.39 is 15.6 Å². The van der Waals surface area contributed by atoms with Gasteiger partial charge in [0.15, 0.2) is 0 Å². The highest BCUT2D eigenvalue weighted by Gasteiger charge is 2.40. The molecule has 0 aliphatic carbocycles. The van der Waals surface area contributed by atoms with Crippen LogP contribution in [0.1, 0.15) is 105 Å². The molecule has 0 heterocycles. The molecule has 0 saturated carbocycles. The minimum Gasteiger partial charge on any atom is -0.287 e. The Labute approximate surface area is 178 Å². The molecule has 0 aliphatic rings. The van der Waals surface area contributed by atoms with E-state index in [0.29, 0.717) is 0 Å². The van der Waals surface area contributed by atoms with Gasteiger partial charge in [-0.15, -0.1) is 0 Å². The highest BCUT2D eigenvalue weighted by molar-refractivity contribution is 7.62. The summed E-state index contributed by atoms with van der Waals surface area (Å²) in [5, 5.41) is 0. The SMILES string of the molecule is CCCCCOP(=O)(OCCCCC)OP(=O)(OCCCCC)OCCCCC. The molecule has 0 radical (unpaired) electrons. The molecule has 0 atom stereocenters. The van der Waals surface area contributed by atoms with Crippen LogP contribution in [0.3, 0.4) is 0 Å². The van der Waals surface area contributed by atoms with Crippen molar-refractivity contribution in [3.63, 3.8) is 0 Å². The fourth-order valence-corrected chi connectivity index (χ4v) is 5.70. The van der Waals surface area contributed by atoms with Crippen LogP contribution in [-0.4, -0.2) is 26.4 Å². The van der Waals surface area contributed by atoms with E-state index in [0.717, 1.165) is 77.0 Å². The maximum Gasteiger partial charge on any atom is 0.483 e. The van der Waals surface area contributed by atoms with Crippen molar-refractivity contribution in [2.75, 3.05) is 26.4 Å². The van der Waals surface area contributed by atoms with Crippen LogP contribution in [0.2, 0.25) is 0 Å². The number of hydrogen-bond donors (Lipinski definition) is 0. The Morgan fingerprint density at radius 3 is 0.897 bits per heavy atom. The summed E-state index contributed by atoms with van der Waals surface area (Å²) in [6.07, 6.45) is 10.7. The summed E-state index contributed by atoms with van der Waals surface area (Å²) in [6.45, 7) is 9.13. The molecule has 176 valence electrons. The molecule has 0 spiro atoms. The third kappa shape index (κ3) is 16.6. The van der Waals surface area contributed by atoms with Crippen molar-refractivity contribution in [1.82, 2.24) is 0 Å². The van der Waals surface area contributed by atoms with E-state index in [9.17, 15) is 9.13 Å². The Kier molecular flexibility index (Phi) is 19.2. The van der Waals surface area contributed by atoms with Crippen LogP contribution in [0.5, 0.6) is 0 Å². The number of phosphoric ester groups is 2. The lowest BCUT2D eigenvalue weighted by molar-refractivity contribution is 0.106. The number of unbranched alkanes of at least 4 members (excludes halogenated alkanes) is 8. The highest BCUT2D eigenvalue weighted by atomic mass is 31.3. The van der Waals surface area contributed by atoms with Crippen molar-refractivity contribution in [3.05, 3.63) is 0 Å². The molecule has 0 amide bonds. The zero-order valence-electron chi connectivity index (χ0n) is 19.1. The van der Waals surface area contributed by atoms with Gasteiger partial charge in [0.1, 0.15) is 0 Å². The van der Waals surface area contributed by atoms with E-state index in [1.165, 1.54) is 0 Å². The molecular formula is C20H44O7P2. The van der Waals surface area contributed by atoms with Crippen molar-refractivity contribution in [3.8, 4) is 0 Å². The lowest BCUT2D eigenvalue weighted by Gasteiger charge is -2.23. The Morgan fingerprint density at radius 1 is 0.448 bits per heavy atom. The quantitative estimate of drug-likeness (QED) is 0.120. The zero-order chi connectivity index (χ0) is 21.8. The predicted molar refractivity (Wildman–Crippen MR) is 118 cm³/mol. The van der Waals surface area contributed by atoms with E-state index in [1.807, 2.05) is 0 Å². The third-order valence-electron chi connectivity index (χ3n) is 4.19. The summed E-state index contributed by atoms with van der Waals surface area (Å²) in [4.78, 5) is 0. The molecule has 0 aromatic heterocycles. The molecule has 0 aromatic carbocycles. The van der Waals surface area contributed by atoms with Gasteiger partial charge in [0, 0.05) is 0 Å². The van der Waals surface area contributed by atoms with E-state index in [-0.39, 0.29) is 26.4 Å². The maximum absolute atomic E-state index is 13.1. The van der Waals surface area contributed by atoms with Gasteiger partial charge >= 0.3 is 15.6 Å². The van der Waals surface area contributed by atoms with Gasteiger partial charge in [-0.05, 0) is 25.7 Å². The average Bonchev–Trinajstić information content (AvgIpc) is 2.70. The summed E-state index contributed by atoms with van der Waals surface area (Å²) in [5.74, 6) is 0. The summed E-state index contributed by atoms with van der Waals surface area (Å²) in [7, 11) is -8.09. The van der Waals surface area contributed by atoms with Crippen molar-refractivity contribution in [2.45, 2.75) is 105 Å². The van der Waals surface area contributed by atoms with Crippen LogP contribution < -0.4 is 0 Å². The Hall–Kier alpha value is 0.260. The average molecular weight is 459 g/mol. The molecule has 29 heavy (non-hydrogen) atoms. The molecule has 7 nitrogen and oxygen atoms in total. The first-order valence-corrected chi connectivity index (χ1v) is 14.4. The Bertz CT molecular complexity index is 388. The van der Waals surface area contributed by atoms with E-state index in [1.54, 1.807) is 0 Å². The Morgan fingerprint density at radius 2 is 0.690 bits per heavy atom. The first-order chi connectivity index (χ1) is 13.9. The van der Waals surface area contributed by atoms with Gasteiger partial charge in [0.05, 0.1) is 26.4 Å². The fraction of sp³-hybridized carbons (Fsp3) is 1.00. The van der Waals surface area contributed by atoms with Crippen molar-refractivity contribution in [1.29, 1.82) is 0 Å². The number of hydrogen-bond acceptors (Lipinski definition) is 7. The molecule has 9 heteroatoms. The molecule has 0 aromatic rings. The van der Waals surface area contributed by atoms with Gasteiger partial charge in [-0.25, -0.2) is 9.13 Å². The van der Waals surface area contributed by atoms with Crippen LogP contribution in [0.4, 0.5) is 0 Å². The van der Waals surface area contributed by atoms with Crippen LogP contribution >= 0.6 is 15.6 Å². The third-order valence-corrected chi connectivity index (χ3v) is 7.78. The highest BCUT2D eigenvalue weighted by Crippen LogP contribution is 2.66. The summed E-state index contributed by atoms with van der Waals surface area (Å²) in [5.41, 5.74) is 0. The Balaban J connectivity index is 5.01. The minimum atomic E-state index is -4.05. The van der Waals surface area contributed by atoms with Crippen LogP contribution in [0, 0.1) is 0 Å². The van der Waals surface area contributed by atoms with Crippen LogP contribution in [0.15, 0.2) is 0 Å². The molecule has 0 unspecified atom stereocenters. The zero-order valence-corrected chi connectivity index (χ0v) is 20.9. The van der Waals surface area contributed by atoms with Gasteiger partial charge in [0.2, 0.25) is 0 Å². The van der Waals surface area contributed by atoms with Crippen molar-refractivity contribution < 1.29 is 31.5 Å². The first kappa shape index (κ1) is 29.3. The van der Waals surface area contributed by atoms with Crippen molar-refractivity contribution >= 4 is 15.6 Å². The van der Waals surface area contributed by atoms with Gasteiger partial charge in [-0.2, -0.15) is 4.31 Å². The smallest absolute Gasteiger partial charge is 0.287 e. The lowest BCUT2D eigenvalue weighted by Crippen LogP contribution is -2.07. The fourth-order valence-electron chi connectivity index (χ4n) is 2.40. The second-order valence-electron chi connectivity index (χ2n) is 7.14. The summed E-state index contributed by atoms with van der Waals surface area (Å²) in [6, 6.07) is 0. The molecule has 0 rings (SSSR count). The number of phosphoric acid groups is 2. The van der Waals surface area contributed by atoms with E-state index in [2.05, 4.69) is 27.7 Å². The molecule has 0 N–H and O–H groups in total. The van der Waals surface area contributed by atoms with E-state index in [4.69, 9.17) is 22.4 Å². The van der Waals surface area contributed by atoms with E-state index >= 15 is 0 Å². The van der Waals surface area contributed by atoms with Gasteiger partial charge in [-0.1, -0.05) is 79.1 Å². The van der Waals surface area contributed by atoms with Gasteiger partial charge in [0.25, 0.3) is 0 Å². The van der Waals surface area contributed by atoms with Gasteiger partial charge in [-0.3, -0.25) is 18.1 Å². The largest absolute Gasteiger partial charge is 0.483 e. The number of rotatable bonds is 22. The first-order valence-electron chi connectivity index (χ1n) is 11.4. The van der Waals surface area contributed by atoms with Crippen LogP contribution in [-0.2, 0) is 31.5 Å². The molecular weight excluding hydrogens is 414 g/mol. The van der Waals surface area contributed by atoms with Gasteiger partial charge < -0.3 is 0 Å².